The minimum Gasteiger partial charge on any atom is -0.361 e. The van der Waals surface area contributed by atoms with Gasteiger partial charge in [-0.25, -0.2) is 0 Å². The molecule has 1 saturated heterocycles. The molecule has 0 aromatic heterocycles. The van der Waals surface area contributed by atoms with Crippen molar-refractivity contribution in [2.24, 2.45) is 5.92 Å². The first-order chi connectivity index (χ1) is 4.99. The molecule has 66 valence electrons. The zero-order valence-corrected chi connectivity index (χ0v) is 7.98. The molecule has 0 spiro atoms. The lowest BCUT2D eigenvalue weighted by molar-refractivity contribution is 0.0819. The van der Waals surface area contributed by atoms with E-state index >= 15 is 0 Å². The Balaban J connectivity index is 2.31. The molecule has 0 aliphatic carbocycles. The van der Waals surface area contributed by atoms with Crippen molar-refractivity contribution < 1.29 is 4.74 Å². The van der Waals surface area contributed by atoms with Crippen LogP contribution >= 0.6 is 0 Å². The average Bonchev–Trinajstić information content (AvgIpc) is 2.08. The van der Waals surface area contributed by atoms with E-state index < -0.39 is 0 Å². The van der Waals surface area contributed by atoms with Gasteiger partial charge in [-0.2, -0.15) is 0 Å². The van der Waals surface area contributed by atoms with E-state index in [0.717, 1.165) is 13.0 Å². The minimum atomic E-state index is 0.180. The molecule has 0 amide bonds. The van der Waals surface area contributed by atoms with Gasteiger partial charge in [0.15, 0.2) is 0 Å². The zero-order valence-electron chi connectivity index (χ0n) is 7.98. The summed E-state index contributed by atoms with van der Waals surface area (Å²) < 4.78 is 5.57. The van der Waals surface area contributed by atoms with E-state index in [2.05, 4.69) is 33.0 Å². The molecule has 1 aliphatic heterocycles. The summed E-state index contributed by atoms with van der Waals surface area (Å²) in [6.45, 7) is 9.62. The van der Waals surface area contributed by atoms with Crippen LogP contribution in [0, 0.1) is 5.92 Å². The Morgan fingerprint density at radius 1 is 1.55 bits per heavy atom. The summed E-state index contributed by atoms with van der Waals surface area (Å²) in [7, 11) is 0. The molecule has 0 aromatic carbocycles. The Hall–Kier alpha value is -0.0800. The van der Waals surface area contributed by atoms with Crippen LogP contribution in [-0.2, 0) is 4.74 Å². The van der Waals surface area contributed by atoms with E-state index in [9.17, 15) is 0 Å². The molecule has 11 heavy (non-hydrogen) atoms. The maximum absolute atomic E-state index is 5.57. The third-order valence-electron chi connectivity index (χ3n) is 1.88. The molecular weight excluding hydrogens is 138 g/mol. The van der Waals surface area contributed by atoms with Crippen LogP contribution in [0.15, 0.2) is 0 Å². The lowest BCUT2D eigenvalue weighted by Crippen LogP contribution is -2.39. The van der Waals surface area contributed by atoms with E-state index in [1.54, 1.807) is 0 Å². The summed E-state index contributed by atoms with van der Waals surface area (Å²) in [6.07, 6.45) is 1.40. The van der Waals surface area contributed by atoms with Gasteiger partial charge < -0.3 is 4.74 Å². The van der Waals surface area contributed by atoms with Crippen molar-refractivity contribution in [1.29, 1.82) is 0 Å². The van der Waals surface area contributed by atoms with E-state index in [-0.39, 0.29) is 11.8 Å². The van der Waals surface area contributed by atoms with Crippen LogP contribution in [0.3, 0.4) is 0 Å². The molecule has 0 saturated carbocycles. The first kappa shape index (κ1) is 9.01. The molecule has 0 aromatic rings. The fraction of sp³-hybridized carbons (Fsp3) is 1.00. The fourth-order valence-corrected chi connectivity index (χ4v) is 1.38. The Bertz CT molecular complexity index is 132. The van der Waals surface area contributed by atoms with Gasteiger partial charge >= 0.3 is 0 Å². The fourth-order valence-electron chi connectivity index (χ4n) is 1.38. The van der Waals surface area contributed by atoms with E-state index in [1.165, 1.54) is 0 Å². The molecule has 2 nitrogen and oxygen atoms in total. The summed E-state index contributed by atoms with van der Waals surface area (Å²) in [6, 6.07) is 0. The Morgan fingerprint density at radius 2 is 2.18 bits per heavy atom. The molecular formula is C9H19NO. The van der Waals surface area contributed by atoms with Gasteiger partial charge in [0, 0.05) is 5.54 Å². The number of rotatable bonds is 2. The van der Waals surface area contributed by atoms with E-state index in [0.29, 0.717) is 5.92 Å². The summed E-state index contributed by atoms with van der Waals surface area (Å²) in [5, 5.41) is 3.44. The first-order valence-electron chi connectivity index (χ1n) is 4.39. The largest absolute Gasteiger partial charge is 0.361 e. The van der Waals surface area contributed by atoms with E-state index in [1.807, 2.05) is 0 Å². The second-order valence-electron chi connectivity index (χ2n) is 4.46. The monoisotopic (exact) mass is 157 g/mol. The second kappa shape index (κ2) is 3.11. The van der Waals surface area contributed by atoms with E-state index in [4.69, 9.17) is 4.74 Å². The number of ether oxygens (including phenoxy) is 1. The predicted octanol–water partition coefficient (Wildman–Crippen LogP) is 1.76. The Morgan fingerprint density at radius 3 is 2.55 bits per heavy atom. The summed E-state index contributed by atoms with van der Waals surface area (Å²) in [5.41, 5.74) is 0.180. The van der Waals surface area contributed by atoms with Crippen molar-refractivity contribution in [2.75, 3.05) is 6.61 Å². The highest BCUT2D eigenvalue weighted by atomic mass is 16.5. The lowest BCUT2D eigenvalue weighted by atomic mass is 10.1. The van der Waals surface area contributed by atoms with Gasteiger partial charge in [0.1, 0.15) is 6.23 Å². The van der Waals surface area contributed by atoms with Crippen LogP contribution in [0.25, 0.3) is 0 Å². The van der Waals surface area contributed by atoms with Crippen LogP contribution in [0.4, 0.5) is 0 Å². The van der Waals surface area contributed by atoms with Crippen LogP contribution in [0.2, 0.25) is 0 Å². The van der Waals surface area contributed by atoms with Crippen molar-refractivity contribution in [2.45, 2.75) is 45.9 Å². The highest BCUT2D eigenvalue weighted by Crippen LogP contribution is 2.18. The Labute approximate surface area is 69.3 Å². The van der Waals surface area contributed by atoms with Gasteiger partial charge in [-0.15, -0.1) is 0 Å². The summed E-state index contributed by atoms with van der Waals surface area (Å²) in [5.74, 6) is 0.710. The van der Waals surface area contributed by atoms with Crippen LogP contribution in [0.5, 0.6) is 0 Å². The zero-order chi connectivity index (χ0) is 8.48. The van der Waals surface area contributed by atoms with Crippen LogP contribution in [-0.4, -0.2) is 18.4 Å². The average molecular weight is 157 g/mol. The molecule has 1 rings (SSSR count). The normalized spacial score (nSPS) is 29.7. The minimum absolute atomic E-state index is 0.180. The SMILES string of the molecule is CC(C)C[C@H]1NC(C)(C)CO1. The van der Waals surface area contributed by atoms with Crippen molar-refractivity contribution in [3.8, 4) is 0 Å². The predicted molar refractivity (Wildman–Crippen MR) is 46.4 cm³/mol. The van der Waals surface area contributed by atoms with Gasteiger partial charge in [0.25, 0.3) is 0 Å². The summed E-state index contributed by atoms with van der Waals surface area (Å²) >= 11 is 0. The van der Waals surface area contributed by atoms with Gasteiger partial charge in [0.05, 0.1) is 6.61 Å². The maximum atomic E-state index is 5.57. The molecule has 1 aliphatic rings. The van der Waals surface area contributed by atoms with Crippen molar-refractivity contribution in [1.82, 2.24) is 5.32 Å². The van der Waals surface area contributed by atoms with Gasteiger partial charge in [-0.1, -0.05) is 13.8 Å². The number of nitrogens with one attached hydrogen (secondary N) is 1. The lowest BCUT2D eigenvalue weighted by Gasteiger charge is -2.17. The van der Waals surface area contributed by atoms with Crippen LogP contribution in [0.1, 0.15) is 34.1 Å². The molecule has 2 heteroatoms. The first-order valence-corrected chi connectivity index (χ1v) is 4.39. The number of hydrogen-bond acceptors (Lipinski definition) is 2. The Kier molecular flexibility index (Phi) is 2.55. The topological polar surface area (TPSA) is 21.3 Å². The van der Waals surface area contributed by atoms with Crippen molar-refractivity contribution in [3.05, 3.63) is 0 Å². The molecule has 1 heterocycles. The maximum Gasteiger partial charge on any atom is 0.108 e. The third-order valence-corrected chi connectivity index (χ3v) is 1.88. The molecule has 0 radical (unpaired) electrons. The standard InChI is InChI=1S/C9H19NO/c1-7(2)5-8-10-9(3,4)6-11-8/h7-8,10H,5-6H2,1-4H3/t8-/m0/s1. The molecule has 0 unspecified atom stereocenters. The number of hydrogen-bond donors (Lipinski definition) is 1. The molecule has 1 fully saturated rings. The smallest absolute Gasteiger partial charge is 0.108 e. The van der Waals surface area contributed by atoms with Gasteiger partial charge in [-0.3, -0.25) is 5.32 Å². The summed E-state index contributed by atoms with van der Waals surface area (Å²) in [4.78, 5) is 0. The van der Waals surface area contributed by atoms with Gasteiger partial charge in [0.2, 0.25) is 0 Å². The second-order valence-corrected chi connectivity index (χ2v) is 4.46. The quantitative estimate of drug-likeness (QED) is 0.659. The third kappa shape index (κ3) is 2.80. The molecule has 0 bridgehead atoms. The highest BCUT2D eigenvalue weighted by molar-refractivity contribution is 4.84. The highest BCUT2D eigenvalue weighted by Gasteiger charge is 2.30. The van der Waals surface area contributed by atoms with Crippen molar-refractivity contribution >= 4 is 0 Å². The van der Waals surface area contributed by atoms with Gasteiger partial charge in [-0.05, 0) is 26.2 Å². The van der Waals surface area contributed by atoms with Crippen LogP contribution < -0.4 is 5.32 Å². The molecule has 1 N–H and O–H groups in total. The molecule has 1 atom stereocenters. The van der Waals surface area contributed by atoms with Crippen molar-refractivity contribution in [3.63, 3.8) is 0 Å².